The van der Waals surface area contributed by atoms with Crippen LogP contribution in [0.2, 0.25) is 0 Å². The Hall–Kier alpha value is -1.16. The molecular formula is C11H15N3O. The molecule has 0 unspecified atom stereocenters. The molecule has 1 saturated carbocycles. The molecule has 0 bridgehead atoms. The van der Waals surface area contributed by atoms with E-state index in [1.807, 2.05) is 0 Å². The Labute approximate surface area is 88.1 Å². The van der Waals surface area contributed by atoms with Crippen molar-refractivity contribution in [3.8, 4) is 0 Å². The van der Waals surface area contributed by atoms with Gasteiger partial charge in [-0.25, -0.2) is 4.98 Å². The van der Waals surface area contributed by atoms with Crippen molar-refractivity contribution >= 4 is 0 Å². The van der Waals surface area contributed by atoms with Crippen molar-refractivity contribution in [1.29, 1.82) is 0 Å². The van der Waals surface area contributed by atoms with Gasteiger partial charge in [-0.3, -0.25) is 4.79 Å². The van der Waals surface area contributed by atoms with Gasteiger partial charge >= 0.3 is 0 Å². The van der Waals surface area contributed by atoms with E-state index in [0.717, 1.165) is 48.9 Å². The maximum absolute atomic E-state index is 11.8. The lowest BCUT2D eigenvalue weighted by Crippen LogP contribution is -2.32. The van der Waals surface area contributed by atoms with Gasteiger partial charge in [0.2, 0.25) is 0 Å². The molecule has 2 N–H and O–H groups in total. The van der Waals surface area contributed by atoms with Gasteiger partial charge in [0, 0.05) is 18.5 Å². The number of hydrogen-bond donors (Lipinski definition) is 2. The average molecular weight is 205 g/mol. The monoisotopic (exact) mass is 205 g/mol. The van der Waals surface area contributed by atoms with Crippen molar-refractivity contribution in [2.45, 2.75) is 32.2 Å². The van der Waals surface area contributed by atoms with Crippen LogP contribution >= 0.6 is 0 Å². The zero-order chi connectivity index (χ0) is 10.3. The van der Waals surface area contributed by atoms with E-state index >= 15 is 0 Å². The van der Waals surface area contributed by atoms with E-state index in [1.54, 1.807) is 0 Å². The summed E-state index contributed by atoms with van der Waals surface area (Å²) in [6.45, 7) is 1.64. The van der Waals surface area contributed by atoms with Crippen LogP contribution < -0.4 is 10.9 Å². The highest BCUT2D eigenvalue weighted by atomic mass is 16.1. The third-order valence-electron chi connectivity index (χ3n) is 3.17. The zero-order valence-corrected chi connectivity index (χ0v) is 8.68. The molecule has 3 rings (SSSR count). The fourth-order valence-corrected chi connectivity index (χ4v) is 2.11. The van der Waals surface area contributed by atoms with Crippen molar-refractivity contribution in [2.24, 2.45) is 5.92 Å². The summed E-state index contributed by atoms with van der Waals surface area (Å²) in [7, 11) is 0. The maximum atomic E-state index is 11.8. The number of nitrogens with zero attached hydrogens (tertiary/aromatic N) is 1. The van der Waals surface area contributed by atoms with Gasteiger partial charge in [0.25, 0.3) is 5.56 Å². The average Bonchev–Trinajstić information content (AvgIpc) is 3.02. The third-order valence-corrected chi connectivity index (χ3v) is 3.17. The molecule has 2 heterocycles. The molecule has 0 radical (unpaired) electrons. The summed E-state index contributed by atoms with van der Waals surface area (Å²) in [5.74, 6) is 1.65. The first-order valence-electron chi connectivity index (χ1n) is 5.64. The number of hydrogen-bond acceptors (Lipinski definition) is 3. The van der Waals surface area contributed by atoms with Crippen LogP contribution in [0.4, 0.5) is 0 Å². The number of nitrogens with one attached hydrogen (secondary N) is 2. The second-order valence-corrected chi connectivity index (χ2v) is 4.51. The number of aromatic amines is 1. The molecule has 80 valence electrons. The highest BCUT2D eigenvalue weighted by Crippen LogP contribution is 2.31. The fraction of sp³-hybridized carbons (Fsp3) is 0.636. The molecule has 15 heavy (non-hydrogen) atoms. The number of rotatable bonds is 2. The second kappa shape index (κ2) is 3.45. The van der Waals surface area contributed by atoms with E-state index in [0.29, 0.717) is 0 Å². The van der Waals surface area contributed by atoms with Gasteiger partial charge in [0.1, 0.15) is 5.82 Å². The van der Waals surface area contributed by atoms with Crippen molar-refractivity contribution in [3.63, 3.8) is 0 Å². The Bertz CT molecular complexity index is 434. The van der Waals surface area contributed by atoms with Crippen molar-refractivity contribution < 1.29 is 0 Å². The normalized spacial score (nSPS) is 20.0. The van der Waals surface area contributed by atoms with Crippen LogP contribution in [0.15, 0.2) is 4.79 Å². The molecule has 0 amide bonds. The first-order valence-corrected chi connectivity index (χ1v) is 5.64. The quantitative estimate of drug-likeness (QED) is 0.733. The Kier molecular flexibility index (Phi) is 2.09. The molecular weight excluding hydrogens is 190 g/mol. The number of fused-ring (bicyclic) bond motifs is 1. The minimum absolute atomic E-state index is 0.0807. The molecule has 1 fully saturated rings. The number of aromatic nitrogens is 2. The minimum atomic E-state index is 0.0807. The first kappa shape index (κ1) is 9.09. The summed E-state index contributed by atoms with van der Waals surface area (Å²) in [4.78, 5) is 19.2. The molecule has 4 heteroatoms. The van der Waals surface area contributed by atoms with E-state index in [1.165, 1.54) is 12.8 Å². The Morgan fingerprint density at radius 3 is 3.07 bits per heavy atom. The molecule has 1 aromatic rings. The predicted octanol–water partition coefficient (Wildman–Crippen LogP) is 0.368. The van der Waals surface area contributed by atoms with Crippen molar-refractivity contribution in [1.82, 2.24) is 15.3 Å². The van der Waals surface area contributed by atoms with Gasteiger partial charge in [-0.1, -0.05) is 0 Å². The molecule has 0 atom stereocenters. The highest BCUT2D eigenvalue weighted by molar-refractivity contribution is 5.20. The Balaban J connectivity index is 1.96. The van der Waals surface area contributed by atoms with Gasteiger partial charge in [0.15, 0.2) is 0 Å². The highest BCUT2D eigenvalue weighted by Gasteiger charge is 2.23. The van der Waals surface area contributed by atoms with Crippen LogP contribution in [0.5, 0.6) is 0 Å². The van der Waals surface area contributed by atoms with E-state index in [-0.39, 0.29) is 5.56 Å². The van der Waals surface area contributed by atoms with Gasteiger partial charge in [0.05, 0.1) is 5.69 Å². The van der Waals surface area contributed by atoms with Gasteiger partial charge in [-0.2, -0.15) is 0 Å². The summed E-state index contributed by atoms with van der Waals surface area (Å²) in [6, 6.07) is 0. The van der Waals surface area contributed by atoms with E-state index < -0.39 is 0 Å². The van der Waals surface area contributed by atoms with E-state index in [4.69, 9.17) is 0 Å². The number of H-pyrrole nitrogens is 1. The van der Waals surface area contributed by atoms with Gasteiger partial charge in [-0.05, 0) is 31.7 Å². The van der Waals surface area contributed by atoms with E-state index in [9.17, 15) is 4.79 Å². The Morgan fingerprint density at radius 1 is 1.40 bits per heavy atom. The van der Waals surface area contributed by atoms with Crippen molar-refractivity contribution in [3.05, 3.63) is 27.4 Å². The molecule has 0 spiro atoms. The molecule has 1 aliphatic carbocycles. The summed E-state index contributed by atoms with van der Waals surface area (Å²) >= 11 is 0. The largest absolute Gasteiger partial charge is 0.311 e. The predicted molar refractivity (Wildman–Crippen MR) is 56.7 cm³/mol. The van der Waals surface area contributed by atoms with Crippen LogP contribution in [-0.4, -0.2) is 16.5 Å². The summed E-state index contributed by atoms with van der Waals surface area (Å²) < 4.78 is 0. The lowest BCUT2D eigenvalue weighted by atomic mass is 10.1. The molecule has 1 aromatic heterocycles. The molecule has 4 nitrogen and oxygen atoms in total. The minimum Gasteiger partial charge on any atom is -0.311 e. The molecule has 0 saturated heterocycles. The fourth-order valence-electron chi connectivity index (χ4n) is 2.11. The molecule has 0 aromatic carbocycles. The second-order valence-electron chi connectivity index (χ2n) is 4.51. The lowest BCUT2D eigenvalue weighted by Gasteiger charge is -2.15. The van der Waals surface area contributed by atoms with Crippen LogP contribution in [0.25, 0.3) is 0 Å². The van der Waals surface area contributed by atoms with Gasteiger partial charge in [-0.15, -0.1) is 0 Å². The third kappa shape index (κ3) is 1.81. The Morgan fingerprint density at radius 2 is 2.27 bits per heavy atom. The van der Waals surface area contributed by atoms with Crippen LogP contribution in [0.3, 0.4) is 0 Å². The molecule has 1 aliphatic heterocycles. The first-order chi connectivity index (χ1) is 7.33. The topological polar surface area (TPSA) is 57.8 Å². The SMILES string of the molecule is O=c1[nH]c(CC2CC2)nc2c1CCNC2. The summed E-state index contributed by atoms with van der Waals surface area (Å²) in [6.07, 6.45) is 4.34. The summed E-state index contributed by atoms with van der Waals surface area (Å²) in [5, 5.41) is 3.25. The summed E-state index contributed by atoms with van der Waals surface area (Å²) in [5.41, 5.74) is 1.92. The standard InChI is InChI=1S/C11H15N3O/c15-11-8-3-4-12-6-9(8)13-10(14-11)5-7-1-2-7/h7,12H,1-6H2,(H,13,14,15). The van der Waals surface area contributed by atoms with Gasteiger partial charge < -0.3 is 10.3 Å². The van der Waals surface area contributed by atoms with Crippen LogP contribution in [0, 0.1) is 5.92 Å². The zero-order valence-electron chi connectivity index (χ0n) is 8.68. The van der Waals surface area contributed by atoms with Crippen LogP contribution in [0.1, 0.15) is 29.9 Å². The lowest BCUT2D eigenvalue weighted by molar-refractivity contribution is 0.607. The smallest absolute Gasteiger partial charge is 0.254 e. The maximum Gasteiger partial charge on any atom is 0.254 e. The van der Waals surface area contributed by atoms with E-state index in [2.05, 4.69) is 15.3 Å². The van der Waals surface area contributed by atoms with Crippen molar-refractivity contribution in [2.75, 3.05) is 6.54 Å². The van der Waals surface area contributed by atoms with Crippen LogP contribution in [-0.2, 0) is 19.4 Å². The molecule has 2 aliphatic rings.